The average molecular weight is 478 g/mol. The van der Waals surface area contributed by atoms with Crippen molar-refractivity contribution in [1.82, 2.24) is 0 Å². The maximum absolute atomic E-state index is 12.3. The first kappa shape index (κ1) is 18.4. The third-order valence-electron chi connectivity index (χ3n) is 3.54. The molecule has 0 heterocycles. The summed E-state index contributed by atoms with van der Waals surface area (Å²) in [4.78, 5) is 12.5. The number of benzene rings is 3. The van der Waals surface area contributed by atoms with E-state index in [-0.39, 0.29) is 10.8 Å². The number of sulfonamides is 1. The number of carbonyl (C=O) groups is 1. The molecule has 0 unspecified atom stereocenters. The van der Waals surface area contributed by atoms with Gasteiger partial charge in [0.1, 0.15) is 0 Å². The Morgan fingerprint density at radius 3 is 2.15 bits per heavy atom. The van der Waals surface area contributed by atoms with E-state index in [1.807, 2.05) is 24.3 Å². The summed E-state index contributed by atoms with van der Waals surface area (Å²) in [7, 11) is -3.65. The first-order valence-electron chi connectivity index (χ1n) is 7.69. The molecule has 0 aliphatic carbocycles. The van der Waals surface area contributed by atoms with E-state index in [9.17, 15) is 13.2 Å². The number of halogens is 1. The predicted molar refractivity (Wildman–Crippen MR) is 111 cm³/mol. The second-order valence-corrected chi connectivity index (χ2v) is 8.39. The standard InChI is InChI=1S/C19H15IN2O3S/c20-15-5-4-6-17(13-15)21-19(23)14-9-11-16(12-10-14)22-26(24,25)18-7-2-1-3-8-18/h1-13,22H,(H,21,23). The van der Waals surface area contributed by atoms with Crippen LogP contribution < -0.4 is 10.0 Å². The van der Waals surface area contributed by atoms with Gasteiger partial charge in [-0.05, 0) is 77.2 Å². The number of hydrogen-bond acceptors (Lipinski definition) is 3. The highest BCUT2D eigenvalue weighted by molar-refractivity contribution is 14.1. The number of rotatable bonds is 5. The fourth-order valence-corrected chi connectivity index (χ4v) is 3.90. The molecule has 0 bridgehead atoms. The zero-order valence-corrected chi connectivity index (χ0v) is 16.5. The quantitative estimate of drug-likeness (QED) is 0.536. The van der Waals surface area contributed by atoms with Crippen LogP contribution in [-0.4, -0.2) is 14.3 Å². The molecule has 0 spiro atoms. The Morgan fingerprint density at radius 2 is 1.50 bits per heavy atom. The highest BCUT2D eigenvalue weighted by Gasteiger charge is 2.14. The molecular formula is C19H15IN2O3S. The topological polar surface area (TPSA) is 75.3 Å². The molecule has 2 N–H and O–H groups in total. The molecule has 0 radical (unpaired) electrons. The summed E-state index contributed by atoms with van der Waals surface area (Å²) in [5, 5.41) is 2.81. The van der Waals surface area contributed by atoms with E-state index in [4.69, 9.17) is 0 Å². The molecule has 0 aromatic heterocycles. The van der Waals surface area contributed by atoms with Crippen molar-refractivity contribution < 1.29 is 13.2 Å². The minimum Gasteiger partial charge on any atom is -0.322 e. The van der Waals surface area contributed by atoms with Gasteiger partial charge in [-0.3, -0.25) is 9.52 Å². The van der Waals surface area contributed by atoms with Crippen LogP contribution in [-0.2, 0) is 10.0 Å². The van der Waals surface area contributed by atoms with E-state index in [1.165, 1.54) is 12.1 Å². The van der Waals surface area contributed by atoms with Crippen LogP contribution in [0.2, 0.25) is 0 Å². The Hall–Kier alpha value is -2.39. The van der Waals surface area contributed by atoms with Crippen molar-refractivity contribution >= 4 is 49.9 Å². The molecule has 3 aromatic carbocycles. The highest BCUT2D eigenvalue weighted by Crippen LogP contribution is 2.18. The predicted octanol–water partition coefficient (Wildman–Crippen LogP) is 4.34. The molecule has 0 saturated heterocycles. The lowest BCUT2D eigenvalue weighted by Crippen LogP contribution is -2.14. The van der Waals surface area contributed by atoms with Gasteiger partial charge in [0.25, 0.3) is 15.9 Å². The molecule has 132 valence electrons. The first-order chi connectivity index (χ1) is 12.4. The van der Waals surface area contributed by atoms with E-state index < -0.39 is 10.0 Å². The van der Waals surface area contributed by atoms with Gasteiger partial charge in [-0.1, -0.05) is 24.3 Å². The number of carbonyl (C=O) groups excluding carboxylic acids is 1. The molecule has 3 rings (SSSR count). The van der Waals surface area contributed by atoms with Crippen molar-refractivity contribution in [2.45, 2.75) is 4.90 Å². The van der Waals surface area contributed by atoms with E-state index in [0.717, 1.165) is 3.57 Å². The van der Waals surface area contributed by atoms with Crippen LogP contribution in [0.15, 0.2) is 83.8 Å². The molecule has 0 aliphatic rings. The molecule has 7 heteroatoms. The molecule has 1 amide bonds. The number of nitrogens with one attached hydrogen (secondary N) is 2. The average Bonchev–Trinajstić information content (AvgIpc) is 2.63. The SMILES string of the molecule is O=C(Nc1cccc(I)c1)c1ccc(NS(=O)(=O)c2ccccc2)cc1. The Kier molecular flexibility index (Phi) is 5.58. The minimum atomic E-state index is -3.65. The van der Waals surface area contributed by atoms with Crippen LogP contribution in [0.1, 0.15) is 10.4 Å². The largest absolute Gasteiger partial charge is 0.322 e. The zero-order chi connectivity index (χ0) is 18.6. The smallest absolute Gasteiger partial charge is 0.261 e. The van der Waals surface area contributed by atoms with Crippen LogP contribution in [0.5, 0.6) is 0 Å². The molecule has 26 heavy (non-hydrogen) atoms. The van der Waals surface area contributed by atoms with Crippen molar-refractivity contribution in [3.8, 4) is 0 Å². The Morgan fingerprint density at radius 1 is 0.808 bits per heavy atom. The summed E-state index contributed by atoms with van der Waals surface area (Å²) in [6.07, 6.45) is 0. The van der Waals surface area contributed by atoms with Crippen LogP contribution in [0, 0.1) is 3.57 Å². The van der Waals surface area contributed by atoms with Crippen molar-refractivity contribution in [2.24, 2.45) is 0 Å². The monoisotopic (exact) mass is 478 g/mol. The van der Waals surface area contributed by atoms with Crippen molar-refractivity contribution in [1.29, 1.82) is 0 Å². The molecule has 0 saturated carbocycles. The molecule has 0 fully saturated rings. The highest BCUT2D eigenvalue weighted by atomic mass is 127. The minimum absolute atomic E-state index is 0.181. The van der Waals surface area contributed by atoms with Gasteiger partial charge in [0, 0.05) is 20.5 Å². The maximum Gasteiger partial charge on any atom is 0.261 e. The van der Waals surface area contributed by atoms with Gasteiger partial charge in [0.05, 0.1) is 4.90 Å². The fraction of sp³-hybridized carbons (Fsp3) is 0. The van der Waals surface area contributed by atoms with E-state index >= 15 is 0 Å². The molecular weight excluding hydrogens is 463 g/mol. The molecule has 0 atom stereocenters. The van der Waals surface area contributed by atoms with E-state index in [1.54, 1.807) is 42.5 Å². The van der Waals surface area contributed by atoms with E-state index in [0.29, 0.717) is 16.9 Å². The van der Waals surface area contributed by atoms with E-state index in [2.05, 4.69) is 32.6 Å². The van der Waals surface area contributed by atoms with Crippen molar-refractivity contribution in [3.05, 3.63) is 88.0 Å². The third kappa shape index (κ3) is 4.61. The Bertz CT molecular complexity index is 1020. The summed E-state index contributed by atoms with van der Waals surface area (Å²) in [6, 6.07) is 21.8. The van der Waals surface area contributed by atoms with Gasteiger partial charge >= 0.3 is 0 Å². The fourth-order valence-electron chi connectivity index (χ4n) is 2.27. The summed E-state index contributed by atoms with van der Waals surface area (Å²) in [5.74, 6) is -0.260. The Balaban J connectivity index is 1.71. The second-order valence-electron chi connectivity index (χ2n) is 5.46. The van der Waals surface area contributed by atoms with Crippen LogP contribution in [0.4, 0.5) is 11.4 Å². The first-order valence-corrected chi connectivity index (χ1v) is 10.3. The van der Waals surface area contributed by atoms with Crippen LogP contribution >= 0.6 is 22.6 Å². The molecule has 5 nitrogen and oxygen atoms in total. The summed E-state index contributed by atoms with van der Waals surface area (Å²) < 4.78 is 28.1. The van der Waals surface area contributed by atoms with Gasteiger partial charge < -0.3 is 5.32 Å². The molecule has 3 aromatic rings. The van der Waals surface area contributed by atoms with Gasteiger partial charge in [0.15, 0.2) is 0 Å². The lowest BCUT2D eigenvalue weighted by molar-refractivity contribution is 0.102. The Labute approximate surface area is 165 Å². The van der Waals surface area contributed by atoms with Crippen LogP contribution in [0.3, 0.4) is 0 Å². The second kappa shape index (κ2) is 7.88. The third-order valence-corrected chi connectivity index (χ3v) is 5.60. The van der Waals surface area contributed by atoms with Gasteiger partial charge in [0.2, 0.25) is 0 Å². The molecule has 0 aliphatic heterocycles. The lowest BCUT2D eigenvalue weighted by atomic mass is 10.2. The summed E-state index contributed by atoms with van der Waals surface area (Å²) in [6.45, 7) is 0. The number of amides is 1. The zero-order valence-electron chi connectivity index (χ0n) is 13.5. The number of anilines is 2. The number of hydrogen-bond donors (Lipinski definition) is 2. The van der Waals surface area contributed by atoms with Crippen molar-refractivity contribution in [3.63, 3.8) is 0 Å². The maximum atomic E-state index is 12.3. The van der Waals surface area contributed by atoms with Crippen molar-refractivity contribution in [2.75, 3.05) is 10.0 Å². The summed E-state index contributed by atoms with van der Waals surface area (Å²) in [5.41, 5.74) is 1.53. The van der Waals surface area contributed by atoms with Crippen LogP contribution in [0.25, 0.3) is 0 Å². The normalized spacial score (nSPS) is 11.0. The lowest BCUT2D eigenvalue weighted by Gasteiger charge is -2.09. The van der Waals surface area contributed by atoms with Gasteiger partial charge in [-0.15, -0.1) is 0 Å². The van der Waals surface area contributed by atoms with Gasteiger partial charge in [-0.25, -0.2) is 8.42 Å². The summed E-state index contributed by atoms with van der Waals surface area (Å²) >= 11 is 2.17. The van der Waals surface area contributed by atoms with Gasteiger partial charge in [-0.2, -0.15) is 0 Å².